The number of para-hydroxylation sites is 1. The summed E-state index contributed by atoms with van der Waals surface area (Å²) in [5, 5.41) is 12.1. The molecule has 0 aliphatic carbocycles. The van der Waals surface area contributed by atoms with Gasteiger partial charge in [0.05, 0.1) is 5.57 Å². The largest absolute Gasteiger partial charge is 0.478 e. The van der Waals surface area contributed by atoms with Gasteiger partial charge in [0.1, 0.15) is 5.66 Å². The average Bonchev–Trinajstić information content (AvgIpc) is 2.14. The van der Waals surface area contributed by atoms with Gasteiger partial charge in [-0.1, -0.05) is 18.2 Å². The van der Waals surface area contributed by atoms with Crippen LogP contribution in [0.3, 0.4) is 0 Å². The van der Waals surface area contributed by atoms with Gasteiger partial charge in [0.25, 0.3) is 0 Å². The van der Waals surface area contributed by atoms with Gasteiger partial charge in [0.2, 0.25) is 0 Å². The highest BCUT2D eigenvalue weighted by atomic mass is 16.4. The van der Waals surface area contributed by atoms with Crippen LogP contribution in [0.2, 0.25) is 0 Å². The van der Waals surface area contributed by atoms with Crippen molar-refractivity contribution in [3.05, 3.63) is 35.9 Å². The molecule has 0 fully saturated rings. The normalized spacial score (nSPS) is 23.7. The molecule has 1 aromatic carbocycles. The molecule has 0 bridgehead atoms. The minimum absolute atomic E-state index is 0.245. The number of carboxylic acids is 1. The summed E-state index contributed by atoms with van der Waals surface area (Å²) in [7, 11) is 0. The number of benzene rings is 1. The van der Waals surface area contributed by atoms with Gasteiger partial charge in [0, 0.05) is 11.3 Å². The average molecular weight is 204 g/mol. The van der Waals surface area contributed by atoms with Crippen molar-refractivity contribution < 1.29 is 9.90 Å². The Kier molecular flexibility index (Phi) is 2.01. The lowest BCUT2D eigenvalue weighted by atomic mass is 9.95. The number of aliphatic carboxylic acids is 1. The maximum atomic E-state index is 11.1. The van der Waals surface area contributed by atoms with Crippen molar-refractivity contribution in [1.29, 1.82) is 0 Å². The summed E-state index contributed by atoms with van der Waals surface area (Å²) in [4.78, 5) is 11.1. The van der Waals surface area contributed by atoms with Crippen molar-refractivity contribution >= 4 is 17.2 Å². The second kappa shape index (κ2) is 3.10. The van der Waals surface area contributed by atoms with Crippen LogP contribution >= 0.6 is 0 Å². The molecule has 15 heavy (non-hydrogen) atoms. The number of anilines is 1. The van der Waals surface area contributed by atoms with Crippen LogP contribution in [-0.2, 0) is 4.79 Å². The first-order valence-electron chi connectivity index (χ1n) is 4.62. The number of nitrogens with two attached hydrogens (primary N) is 1. The number of fused-ring (bicyclic) bond motifs is 1. The quantitative estimate of drug-likeness (QED) is 0.643. The van der Waals surface area contributed by atoms with Crippen LogP contribution in [0.1, 0.15) is 12.5 Å². The lowest BCUT2D eigenvalue weighted by Gasteiger charge is -2.30. The van der Waals surface area contributed by atoms with E-state index < -0.39 is 11.6 Å². The highest BCUT2D eigenvalue weighted by Crippen LogP contribution is 2.31. The fourth-order valence-electron chi connectivity index (χ4n) is 1.71. The Bertz CT molecular complexity index is 450. The van der Waals surface area contributed by atoms with Gasteiger partial charge in [0.15, 0.2) is 0 Å². The molecule has 1 heterocycles. The second-order valence-corrected chi connectivity index (χ2v) is 3.82. The van der Waals surface area contributed by atoms with E-state index in [0.717, 1.165) is 5.69 Å². The third kappa shape index (κ3) is 1.71. The van der Waals surface area contributed by atoms with E-state index in [2.05, 4.69) is 5.32 Å². The molecule has 2 rings (SSSR count). The summed E-state index contributed by atoms with van der Waals surface area (Å²) in [6, 6.07) is 7.22. The Morgan fingerprint density at radius 1 is 1.47 bits per heavy atom. The molecule has 0 spiro atoms. The van der Waals surface area contributed by atoms with Gasteiger partial charge >= 0.3 is 5.97 Å². The molecule has 4 nitrogen and oxygen atoms in total. The number of hydrogen-bond donors (Lipinski definition) is 3. The molecule has 0 aromatic heterocycles. The SMILES string of the molecule is CC1(N)C=C(C(=O)O)c2ccccc2N1. The molecule has 0 radical (unpaired) electrons. The highest BCUT2D eigenvalue weighted by Gasteiger charge is 2.27. The molecule has 0 saturated heterocycles. The van der Waals surface area contributed by atoms with E-state index in [1.54, 1.807) is 19.1 Å². The topological polar surface area (TPSA) is 75.4 Å². The summed E-state index contributed by atoms with van der Waals surface area (Å²) in [6.07, 6.45) is 1.53. The fourth-order valence-corrected chi connectivity index (χ4v) is 1.71. The molecular formula is C11H12N2O2. The summed E-state index contributed by atoms with van der Waals surface area (Å²) in [5.41, 5.74) is 6.72. The number of carbonyl (C=O) groups is 1. The van der Waals surface area contributed by atoms with Gasteiger partial charge in [-0.25, -0.2) is 4.79 Å². The lowest BCUT2D eigenvalue weighted by Crippen LogP contribution is -2.45. The molecule has 78 valence electrons. The van der Waals surface area contributed by atoms with Crippen LogP contribution in [0.4, 0.5) is 5.69 Å². The maximum absolute atomic E-state index is 11.1. The first kappa shape index (κ1) is 9.73. The van der Waals surface area contributed by atoms with Gasteiger partial charge in [-0.15, -0.1) is 0 Å². The number of rotatable bonds is 1. The summed E-state index contributed by atoms with van der Waals surface area (Å²) in [5.74, 6) is -0.958. The summed E-state index contributed by atoms with van der Waals surface area (Å²) >= 11 is 0. The van der Waals surface area contributed by atoms with Gasteiger partial charge in [-0.2, -0.15) is 0 Å². The Morgan fingerprint density at radius 2 is 2.13 bits per heavy atom. The zero-order valence-electron chi connectivity index (χ0n) is 8.32. The van der Waals surface area contributed by atoms with Gasteiger partial charge in [-0.3, -0.25) is 0 Å². The van der Waals surface area contributed by atoms with Crippen molar-refractivity contribution in [3.8, 4) is 0 Å². The van der Waals surface area contributed by atoms with Crippen molar-refractivity contribution in [1.82, 2.24) is 0 Å². The van der Waals surface area contributed by atoms with Gasteiger partial charge < -0.3 is 16.2 Å². The molecule has 1 aliphatic rings. The molecule has 4 heteroatoms. The number of carboxylic acid groups (broad SMARTS) is 1. The first-order valence-corrected chi connectivity index (χ1v) is 4.62. The van der Waals surface area contributed by atoms with E-state index in [-0.39, 0.29) is 5.57 Å². The Labute approximate surface area is 87.4 Å². The molecule has 1 aliphatic heterocycles. The van der Waals surface area contributed by atoms with Crippen molar-refractivity contribution in [2.45, 2.75) is 12.6 Å². The number of nitrogens with one attached hydrogen (secondary N) is 1. The molecule has 1 atom stereocenters. The number of hydrogen-bond acceptors (Lipinski definition) is 3. The van der Waals surface area contributed by atoms with Crippen LogP contribution in [0.5, 0.6) is 0 Å². The van der Waals surface area contributed by atoms with E-state index in [4.69, 9.17) is 10.8 Å². The molecule has 1 unspecified atom stereocenters. The van der Waals surface area contributed by atoms with Crippen molar-refractivity contribution in [2.24, 2.45) is 5.73 Å². The minimum atomic E-state index is -0.958. The summed E-state index contributed by atoms with van der Waals surface area (Å²) in [6.45, 7) is 1.73. The van der Waals surface area contributed by atoms with E-state index in [0.29, 0.717) is 5.56 Å². The van der Waals surface area contributed by atoms with Crippen LogP contribution in [0, 0.1) is 0 Å². The van der Waals surface area contributed by atoms with Crippen LogP contribution < -0.4 is 11.1 Å². The molecule has 0 saturated carbocycles. The summed E-state index contributed by atoms with van der Waals surface area (Å²) < 4.78 is 0. The molecular weight excluding hydrogens is 192 g/mol. The van der Waals surface area contributed by atoms with Crippen molar-refractivity contribution in [2.75, 3.05) is 5.32 Å². The zero-order valence-corrected chi connectivity index (χ0v) is 8.32. The first-order chi connectivity index (χ1) is 6.99. The van der Waals surface area contributed by atoms with Crippen LogP contribution in [0.15, 0.2) is 30.3 Å². The van der Waals surface area contributed by atoms with Gasteiger partial charge in [-0.05, 0) is 19.1 Å². The van der Waals surface area contributed by atoms with Crippen LogP contribution in [-0.4, -0.2) is 16.7 Å². The molecule has 0 amide bonds. The minimum Gasteiger partial charge on any atom is -0.478 e. The van der Waals surface area contributed by atoms with E-state index in [9.17, 15) is 4.79 Å². The molecule has 1 aromatic rings. The fraction of sp³-hybridized carbons (Fsp3) is 0.182. The third-order valence-electron chi connectivity index (χ3n) is 2.30. The lowest BCUT2D eigenvalue weighted by molar-refractivity contribution is -0.130. The standard InChI is InChI=1S/C11H12N2O2/c1-11(12)6-8(10(14)15)7-4-2-3-5-9(7)13-11/h2-6,13H,12H2,1H3,(H,14,15). The smallest absolute Gasteiger partial charge is 0.336 e. The van der Waals surface area contributed by atoms with Crippen molar-refractivity contribution in [3.63, 3.8) is 0 Å². The Morgan fingerprint density at radius 3 is 2.80 bits per heavy atom. The highest BCUT2D eigenvalue weighted by molar-refractivity contribution is 6.18. The third-order valence-corrected chi connectivity index (χ3v) is 2.30. The zero-order chi connectivity index (χ0) is 11.1. The predicted molar refractivity (Wildman–Crippen MR) is 58.3 cm³/mol. The van der Waals surface area contributed by atoms with Crippen LogP contribution in [0.25, 0.3) is 5.57 Å². The predicted octanol–water partition coefficient (Wildman–Crippen LogP) is 1.25. The monoisotopic (exact) mass is 204 g/mol. The van der Waals surface area contributed by atoms with E-state index in [1.165, 1.54) is 6.08 Å². The second-order valence-electron chi connectivity index (χ2n) is 3.82. The van der Waals surface area contributed by atoms with E-state index >= 15 is 0 Å². The Balaban J connectivity index is 2.60. The molecule has 4 N–H and O–H groups in total. The van der Waals surface area contributed by atoms with E-state index in [1.807, 2.05) is 12.1 Å². The Hall–Kier alpha value is -1.81. The maximum Gasteiger partial charge on any atom is 0.336 e.